The maximum Gasteiger partial charge on any atom is 0.251 e. The molecule has 8 nitrogen and oxygen atoms in total. The summed E-state index contributed by atoms with van der Waals surface area (Å²) in [6.45, 7) is 7.02. The molecule has 0 heterocycles. The lowest BCUT2D eigenvalue weighted by molar-refractivity contribution is 0.0497. The van der Waals surface area contributed by atoms with Crippen LogP contribution >= 0.6 is 0 Å². The molecule has 1 amide bonds. The summed E-state index contributed by atoms with van der Waals surface area (Å²) in [7, 11) is 1.87. The zero-order valence-corrected chi connectivity index (χ0v) is 15.1. The minimum atomic E-state index is -0.646. The van der Waals surface area contributed by atoms with Gasteiger partial charge in [0.15, 0.2) is 0 Å². The smallest absolute Gasteiger partial charge is 0.251 e. The van der Waals surface area contributed by atoms with E-state index < -0.39 is 5.54 Å². The van der Waals surface area contributed by atoms with Crippen molar-refractivity contribution in [2.75, 3.05) is 46.6 Å². The number of amides is 1. The fourth-order valence-electron chi connectivity index (χ4n) is 2.03. The van der Waals surface area contributed by atoms with Crippen molar-refractivity contribution in [1.82, 2.24) is 10.6 Å². The molecule has 0 saturated carbocycles. The van der Waals surface area contributed by atoms with Crippen molar-refractivity contribution < 1.29 is 14.3 Å². The van der Waals surface area contributed by atoms with Crippen LogP contribution in [-0.4, -0.2) is 52.5 Å². The SMILES string of the molecule is CNCCOCCOCCNC(=O)c1ccc(C(C)(C)N=[N+]=[N-])cc1. The molecule has 0 aliphatic rings. The Morgan fingerprint density at radius 2 is 1.72 bits per heavy atom. The number of hydrogen-bond donors (Lipinski definition) is 2. The van der Waals surface area contributed by atoms with Crippen molar-refractivity contribution in [2.45, 2.75) is 19.4 Å². The molecule has 1 aromatic rings. The molecule has 0 spiro atoms. The maximum atomic E-state index is 12.1. The van der Waals surface area contributed by atoms with Gasteiger partial charge < -0.3 is 20.1 Å². The Kier molecular flexibility index (Phi) is 9.57. The fourth-order valence-corrected chi connectivity index (χ4v) is 2.03. The van der Waals surface area contributed by atoms with E-state index in [1.54, 1.807) is 24.3 Å². The van der Waals surface area contributed by atoms with Crippen molar-refractivity contribution in [2.24, 2.45) is 5.11 Å². The molecule has 0 radical (unpaired) electrons. The highest BCUT2D eigenvalue weighted by Gasteiger charge is 2.18. The van der Waals surface area contributed by atoms with E-state index in [9.17, 15) is 4.79 Å². The predicted octanol–water partition coefficient (Wildman–Crippen LogP) is 2.21. The highest BCUT2D eigenvalue weighted by molar-refractivity contribution is 5.94. The van der Waals surface area contributed by atoms with Crippen LogP contribution in [0.25, 0.3) is 10.4 Å². The van der Waals surface area contributed by atoms with Crippen LogP contribution in [0.1, 0.15) is 29.8 Å². The molecule has 0 aliphatic carbocycles. The Labute approximate surface area is 148 Å². The van der Waals surface area contributed by atoms with E-state index >= 15 is 0 Å². The number of likely N-dealkylation sites (N-methyl/N-ethyl adjacent to an activating group) is 1. The molecular weight excluding hydrogens is 322 g/mol. The van der Waals surface area contributed by atoms with Crippen LogP contribution in [0.4, 0.5) is 0 Å². The summed E-state index contributed by atoms with van der Waals surface area (Å²) in [6.07, 6.45) is 0. The molecular formula is C17H27N5O3. The van der Waals surface area contributed by atoms with Gasteiger partial charge in [0.2, 0.25) is 0 Å². The molecule has 8 heteroatoms. The summed E-state index contributed by atoms with van der Waals surface area (Å²) >= 11 is 0. The molecule has 1 aromatic carbocycles. The Bertz CT molecular complexity index is 568. The number of ether oxygens (including phenoxy) is 2. The number of rotatable bonds is 12. The Morgan fingerprint density at radius 3 is 2.28 bits per heavy atom. The third-order valence-electron chi connectivity index (χ3n) is 3.55. The van der Waals surface area contributed by atoms with Gasteiger partial charge >= 0.3 is 0 Å². The average molecular weight is 349 g/mol. The lowest BCUT2D eigenvalue weighted by Crippen LogP contribution is -2.27. The second-order valence-electron chi connectivity index (χ2n) is 5.91. The van der Waals surface area contributed by atoms with Crippen LogP contribution in [0.15, 0.2) is 29.4 Å². The molecule has 0 aliphatic heterocycles. The van der Waals surface area contributed by atoms with Gasteiger partial charge in [0.25, 0.3) is 5.91 Å². The van der Waals surface area contributed by atoms with Gasteiger partial charge in [-0.3, -0.25) is 4.79 Å². The standard InChI is InChI=1S/C17H27N5O3/c1-17(2,21-22-18)15-6-4-14(5-7-15)16(23)20-9-11-25-13-12-24-10-8-19-3/h4-7,19H,8-13H2,1-3H3,(H,20,23). The molecule has 138 valence electrons. The Hall–Kier alpha value is -2.12. The van der Waals surface area contributed by atoms with Gasteiger partial charge in [-0.05, 0) is 30.3 Å². The lowest BCUT2D eigenvalue weighted by atomic mass is 9.94. The quantitative estimate of drug-likeness (QED) is 0.261. The topological polar surface area (TPSA) is 108 Å². The molecule has 2 N–H and O–H groups in total. The van der Waals surface area contributed by atoms with E-state index in [2.05, 4.69) is 20.7 Å². The first-order valence-corrected chi connectivity index (χ1v) is 8.26. The third kappa shape index (κ3) is 8.00. The third-order valence-corrected chi connectivity index (χ3v) is 3.55. The highest BCUT2D eigenvalue weighted by atomic mass is 16.5. The largest absolute Gasteiger partial charge is 0.378 e. The van der Waals surface area contributed by atoms with Crippen molar-refractivity contribution in [3.05, 3.63) is 45.8 Å². The molecule has 0 bridgehead atoms. The van der Waals surface area contributed by atoms with Gasteiger partial charge in [-0.1, -0.05) is 31.1 Å². The minimum Gasteiger partial charge on any atom is -0.378 e. The molecule has 0 aromatic heterocycles. The van der Waals surface area contributed by atoms with E-state index in [1.165, 1.54) is 0 Å². The van der Waals surface area contributed by atoms with Crippen LogP contribution in [0, 0.1) is 0 Å². The second kappa shape index (κ2) is 11.4. The summed E-state index contributed by atoms with van der Waals surface area (Å²) in [4.78, 5) is 14.9. The number of azide groups is 1. The van der Waals surface area contributed by atoms with Crippen LogP contribution in [-0.2, 0) is 15.0 Å². The monoisotopic (exact) mass is 349 g/mol. The number of nitrogens with zero attached hydrogens (tertiary/aromatic N) is 3. The molecule has 1 rings (SSSR count). The average Bonchev–Trinajstić information content (AvgIpc) is 2.60. The number of hydrogen-bond acceptors (Lipinski definition) is 5. The zero-order valence-electron chi connectivity index (χ0n) is 15.1. The molecule has 0 atom stereocenters. The minimum absolute atomic E-state index is 0.165. The molecule has 0 fully saturated rings. The van der Waals surface area contributed by atoms with Gasteiger partial charge in [-0.25, -0.2) is 0 Å². The van der Waals surface area contributed by atoms with Crippen molar-refractivity contribution in [3.8, 4) is 0 Å². The molecule has 25 heavy (non-hydrogen) atoms. The summed E-state index contributed by atoms with van der Waals surface area (Å²) in [5, 5.41) is 9.54. The summed E-state index contributed by atoms with van der Waals surface area (Å²) in [5.41, 5.74) is 9.35. The number of carbonyl (C=O) groups excluding carboxylic acids is 1. The van der Waals surface area contributed by atoms with Gasteiger partial charge in [0, 0.05) is 23.6 Å². The van der Waals surface area contributed by atoms with Crippen LogP contribution in [0.2, 0.25) is 0 Å². The van der Waals surface area contributed by atoms with Crippen molar-refractivity contribution in [3.63, 3.8) is 0 Å². The van der Waals surface area contributed by atoms with E-state index in [0.29, 0.717) is 38.5 Å². The highest BCUT2D eigenvalue weighted by Crippen LogP contribution is 2.25. The first kappa shape index (κ1) is 20.9. The summed E-state index contributed by atoms with van der Waals surface area (Å²) in [6, 6.07) is 7.02. The number of nitrogens with one attached hydrogen (secondary N) is 2. The number of benzene rings is 1. The van der Waals surface area contributed by atoms with Crippen molar-refractivity contribution in [1.29, 1.82) is 0 Å². The van der Waals surface area contributed by atoms with E-state index in [-0.39, 0.29) is 5.91 Å². The number of carbonyl (C=O) groups is 1. The molecule has 0 saturated heterocycles. The first-order valence-electron chi connectivity index (χ1n) is 8.26. The fraction of sp³-hybridized carbons (Fsp3) is 0.588. The van der Waals surface area contributed by atoms with Gasteiger partial charge in [0.05, 0.1) is 32.0 Å². The van der Waals surface area contributed by atoms with Crippen LogP contribution < -0.4 is 10.6 Å². The maximum absolute atomic E-state index is 12.1. The Balaban J connectivity index is 2.28. The van der Waals surface area contributed by atoms with Crippen LogP contribution in [0.5, 0.6) is 0 Å². The lowest BCUT2D eigenvalue weighted by Gasteiger charge is -2.18. The van der Waals surface area contributed by atoms with E-state index in [1.807, 2.05) is 20.9 Å². The van der Waals surface area contributed by atoms with Crippen molar-refractivity contribution >= 4 is 5.91 Å². The second-order valence-corrected chi connectivity index (χ2v) is 5.91. The van der Waals surface area contributed by atoms with Gasteiger partial charge in [0.1, 0.15) is 0 Å². The summed E-state index contributed by atoms with van der Waals surface area (Å²) < 4.78 is 10.7. The Morgan fingerprint density at radius 1 is 1.12 bits per heavy atom. The molecule has 0 unspecified atom stereocenters. The summed E-state index contributed by atoms with van der Waals surface area (Å²) in [5.74, 6) is -0.165. The predicted molar refractivity (Wildman–Crippen MR) is 96.5 cm³/mol. The van der Waals surface area contributed by atoms with E-state index in [0.717, 1.165) is 12.1 Å². The van der Waals surface area contributed by atoms with E-state index in [4.69, 9.17) is 15.0 Å². The van der Waals surface area contributed by atoms with Crippen LogP contribution in [0.3, 0.4) is 0 Å². The first-order chi connectivity index (χ1) is 12.0. The van der Waals surface area contributed by atoms with Gasteiger partial charge in [-0.2, -0.15) is 0 Å². The normalized spacial score (nSPS) is 11.0. The van der Waals surface area contributed by atoms with Gasteiger partial charge in [-0.15, -0.1) is 0 Å². The zero-order chi connectivity index (χ0) is 18.5.